The summed E-state index contributed by atoms with van der Waals surface area (Å²) < 4.78 is 12.7. The van der Waals surface area contributed by atoms with Crippen molar-refractivity contribution in [1.82, 2.24) is 0 Å². The number of anilines is 1. The molecule has 1 aromatic rings. The highest BCUT2D eigenvalue weighted by Crippen LogP contribution is 2.35. The van der Waals surface area contributed by atoms with Crippen molar-refractivity contribution in [3.8, 4) is 0 Å². The average Bonchev–Trinajstić information content (AvgIpc) is 2.31. The summed E-state index contributed by atoms with van der Waals surface area (Å²) in [5.74, 6) is -0.673. The van der Waals surface area contributed by atoms with Gasteiger partial charge in [-0.1, -0.05) is 0 Å². The summed E-state index contributed by atoms with van der Waals surface area (Å²) in [5.41, 5.74) is 1.11. The van der Waals surface area contributed by atoms with Gasteiger partial charge in [0.05, 0.1) is 0 Å². The fourth-order valence-electron chi connectivity index (χ4n) is 1.19. The molecule has 1 atom stereocenters. The Morgan fingerprint density at radius 1 is 1.50 bits per heavy atom. The van der Waals surface area contributed by atoms with Crippen LogP contribution >= 0.6 is 11.6 Å². The van der Waals surface area contributed by atoms with E-state index in [2.05, 4.69) is 5.32 Å². The van der Waals surface area contributed by atoms with Crippen LogP contribution in [0.3, 0.4) is 0 Å². The van der Waals surface area contributed by atoms with Gasteiger partial charge in [0.1, 0.15) is 11.2 Å². The largest absolute Gasteiger partial charge is 0.324 e. The van der Waals surface area contributed by atoms with Crippen LogP contribution in [-0.2, 0) is 4.79 Å². The zero-order valence-electron chi connectivity index (χ0n) is 5.97. The summed E-state index contributed by atoms with van der Waals surface area (Å²) in [6, 6.07) is 4.06. The molecule has 0 spiro atoms. The first-order valence-corrected chi connectivity index (χ1v) is 3.86. The number of halogens is 2. The minimum absolute atomic E-state index is 0.294. The molecule has 62 valence electrons. The van der Waals surface area contributed by atoms with Crippen LogP contribution < -0.4 is 5.32 Å². The third-order valence-corrected chi connectivity index (χ3v) is 2.21. The number of rotatable bonds is 0. The van der Waals surface area contributed by atoms with Gasteiger partial charge in [0.25, 0.3) is 0 Å². The number of alkyl halides is 1. The van der Waals surface area contributed by atoms with Gasteiger partial charge in [-0.2, -0.15) is 0 Å². The molecule has 1 N–H and O–H groups in total. The Morgan fingerprint density at radius 2 is 2.25 bits per heavy atom. The number of carbonyl (C=O) groups is 1. The van der Waals surface area contributed by atoms with Gasteiger partial charge >= 0.3 is 0 Å². The Labute approximate surface area is 73.3 Å². The normalized spacial score (nSPS) is 20.5. The second kappa shape index (κ2) is 2.45. The van der Waals surface area contributed by atoms with Crippen molar-refractivity contribution in [3.05, 3.63) is 29.6 Å². The predicted molar refractivity (Wildman–Crippen MR) is 43.6 cm³/mol. The Balaban J connectivity index is 2.55. The van der Waals surface area contributed by atoms with Gasteiger partial charge < -0.3 is 5.32 Å². The first kappa shape index (κ1) is 7.55. The molecular formula is C8H5ClFNO. The van der Waals surface area contributed by atoms with E-state index in [-0.39, 0.29) is 11.7 Å². The molecule has 0 aromatic heterocycles. The molecule has 1 amide bonds. The van der Waals surface area contributed by atoms with E-state index in [0.717, 1.165) is 0 Å². The van der Waals surface area contributed by atoms with E-state index < -0.39 is 5.38 Å². The molecule has 1 aliphatic heterocycles. The molecule has 0 fully saturated rings. The fourth-order valence-corrected chi connectivity index (χ4v) is 1.43. The molecule has 12 heavy (non-hydrogen) atoms. The molecule has 1 aromatic carbocycles. The molecule has 2 nitrogen and oxygen atoms in total. The van der Waals surface area contributed by atoms with Crippen LogP contribution in [0.2, 0.25) is 0 Å². The monoisotopic (exact) mass is 185 g/mol. The zero-order chi connectivity index (χ0) is 8.72. The fraction of sp³-hybridized carbons (Fsp3) is 0.125. The summed E-state index contributed by atoms with van der Waals surface area (Å²) in [6.45, 7) is 0. The predicted octanol–water partition coefficient (Wildman–Crippen LogP) is 2.06. The van der Waals surface area contributed by atoms with E-state index >= 15 is 0 Å². The lowest BCUT2D eigenvalue weighted by Gasteiger charge is -1.97. The van der Waals surface area contributed by atoms with Gasteiger partial charge in [-0.3, -0.25) is 4.79 Å². The smallest absolute Gasteiger partial charge is 0.247 e. The van der Waals surface area contributed by atoms with Crippen LogP contribution in [-0.4, -0.2) is 5.91 Å². The van der Waals surface area contributed by atoms with E-state index in [0.29, 0.717) is 11.3 Å². The third-order valence-electron chi connectivity index (χ3n) is 1.77. The molecule has 0 saturated heterocycles. The van der Waals surface area contributed by atoms with Crippen LogP contribution in [0.1, 0.15) is 10.9 Å². The number of carbonyl (C=O) groups excluding carboxylic acids is 1. The summed E-state index contributed by atoms with van der Waals surface area (Å²) in [7, 11) is 0. The van der Waals surface area contributed by atoms with Crippen molar-refractivity contribution >= 4 is 23.2 Å². The molecule has 2 rings (SSSR count). The molecule has 0 radical (unpaired) electrons. The molecule has 0 aliphatic carbocycles. The van der Waals surface area contributed by atoms with Crippen molar-refractivity contribution in [2.75, 3.05) is 5.32 Å². The SMILES string of the molecule is O=C1Nc2ccc(F)cc2C1Cl. The summed E-state index contributed by atoms with van der Waals surface area (Å²) in [5, 5.41) is 1.78. The number of fused-ring (bicyclic) bond motifs is 1. The van der Waals surface area contributed by atoms with Crippen molar-refractivity contribution in [2.45, 2.75) is 5.38 Å². The highest BCUT2D eigenvalue weighted by Gasteiger charge is 2.28. The van der Waals surface area contributed by atoms with E-state index in [1.165, 1.54) is 18.2 Å². The maximum absolute atomic E-state index is 12.7. The second-order valence-electron chi connectivity index (χ2n) is 2.58. The molecule has 0 saturated carbocycles. The highest BCUT2D eigenvalue weighted by atomic mass is 35.5. The maximum Gasteiger partial charge on any atom is 0.247 e. The lowest BCUT2D eigenvalue weighted by Crippen LogP contribution is -2.06. The number of amides is 1. The minimum atomic E-state index is -0.754. The average molecular weight is 186 g/mol. The van der Waals surface area contributed by atoms with E-state index in [4.69, 9.17) is 11.6 Å². The van der Waals surface area contributed by atoms with E-state index in [1.54, 1.807) is 0 Å². The van der Waals surface area contributed by atoms with Gasteiger partial charge in [0, 0.05) is 11.3 Å². The number of hydrogen-bond donors (Lipinski definition) is 1. The zero-order valence-corrected chi connectivity index (χ0v) is 6.73. The first-order valence-electron chi connectivity index (χ1n) is 3.43. The summed E-state index contributed by atoms with van der Waals surface area (Å²) in [6.07, 6.45) is 0. The lowest BCUT2D eigenvalue weighted by molar-refractivity contribution is -0.115. The van der Waals surface area contributed by atoms with Gasteiger partial charge in [-0.05, 0) is 18.2 Å². The number of benzene rings is 1. The first-order chi connectivity index (χ1) is 5.68. The highest BCUT2D eigenvalue weighted by molar-refractivity contribution is 6.35. The Hall–Kier alpha value is -1.09. The maximum atomic E-state index is 12.7. The molecule has 1 heterocycles. The number of hydrogen-bond acceptors (Lipinski definition) is 1. The van der Waals surface area contributed by atoms with E-state index in [1.807, 2.05) is 0 Å². The van der Waals surface area contributed by atoms with Gasteiger partial charge in [-0.25, -0.2) is 4.39 Å². The Morgan fingerprint density at radius 3 is 3.00 bits per heavy atom. The summed E-state index contributed by atoms with van der Waals surface area (Å²) >= 11 is 5.69. The van der Waals surface area contributed by atoms with Crippen molar-refractivity contribution in [3.63, 3.8) is 0 Å². The van der Waals surface area contributed by atoms with Gasteiger partial charge in [0.15, 0.2) is 0 Å². The van der Waals surface area contributed by atoms with Crippen molar-refractivity contribution in [1.29, 1.82) is 0 Å². The van der Waals surface area contributed by atoms with Crippen LogP contribution in [0.4, 0.5) is 10.1 Å². The second-order valence-corrected chi connectivity index (χ2v) is 3.02. The molecule has 0 bridgehead atoms. The lowest BCUT2D eigenvalue weighted by atomic mass is 10.1. The topological polar surface area (TPSA) is 29.1 Å². The van der Waals surface area contributed by atoms with Crippen LogP contribution in [0.25, 0.3) is 0 Å². The Bertz CT molecular complexity index is 353. The Kier molecular flexibility index (Phi) is 1.54. The molecule has 1 aliphatic rings. The van der Waals surface area contributed by atoms with Crippen molar-refractivity contribution in [2.24, 2.45) is 0 Å². The van der Waals surface area contributed by atoms with Crippen molar-refractivity contribution < 1.29 is 9.18 Å². The third kappa shape index (κ3) is 0.975. The molecule has 1 unspecified atom stereocenters. The quantitative estimate of drug-likeness (QED) is 0.616. The van der Waals surface area contributed by atoms with Crippen LogP contribution in [0.15, 0.2) is 18.2 Å². The number of nitrogens with one attached hydrogen (secondary N) is 1. The van der Waals surface area contributed by atoms with E-state index in [9.17, 15) is 9.18 Å². The summed E-state index contributed by atoms with van der Waals surface area (Å²) in [4.78, 5) is 11.0. The standard InChI is InChI=1S/C8H5ClFNO/c9-7-5-3-4(10)1-2-6(5)11-8(7)12/h1-3,7H,(H,11,12). The van der Waals surface area contributed by atoms with Crippen LogP contribution in [0, 0.1) is 5.82 Å². The molecular weight excluding hydrogens is 181 g/mol. The van der Waals surface area contributed by atoms with Gasteiger partial charge in [-0.15, -0.1) is 11.6 Å². The van der Waals surface area contributed by atoms with Gasteiger partial charge in [0.2, 0.25) is 5.91 Å². The minimum Gasteiger partial charge on any atom is -0.324 e. The molecule has 4 heteroatoms. The van der Waals surface area contributed by atoms with Crippen LogP contribution in [0.5, 0.6) is 0 Å².